The normalized spacial score (nSPS) is 17.2. The molecule has 0 bridgehead atoms. The van der Waals surface area contributed by atoms with Crippen molar-refractivity contribution in [3.8, 4) is 0 Å². The van der Waals surface area contributed by atoms with Gasteiger partial charge in [-0.15, -0.1) is 5.10 Å². The van der Waals surface area contributed by atoms with E-state index in [2.05, 4.69) is 40.2 Å². The Morgan fingerprint density at radius 2 is 1.77 bits per heavy atom. The van der Waals surface area contributed by atoms with Crippen LogP contribution < -0.4 is 0 Å². The molecule has 0 spiro atoms. The van der Waals surface area contributed by atoms with Gasteiger partial charge in [0.05, 0.1) is 18.8 Å². The molecule has 0 aromatic carbocycles. The first-order valence-electron chi connectivity index (χ1n) is 8.73. The van der Waals surface area contributed by atoms with Gasteiger partial charge in [0.25, 0.3) is 0 Å². The molecule has 0 N–H and O–H groups in total. The molecule has 6 nitrogen and oxygen atoms in total. The highest BCUT2D eigenvalue weighted by Gasteiger charge is 2.17. The highest BCUT2D eigenvalue weighted by atomic mass is 16.5. The molecule has 1 aliphatic rings. The smallest absolute Gasteiger partial charge is 0.0967 e. The third kappa shape index (κ3) is 6.02. The van der Waals surface area contributed by atoms with E-state index in [0.717, 1.165) is 51.5 Å². The van der Waals surface area contributed by atoms with Crippen LogP contribution in [-0.4, -0.2) is 70.7 Å². The van der Waals surface area contributed by atoms with Crippen molar-refractivity contribution < 1.29 is 4.74 Å². The average Bonchev–Trinajstić information content (AvgIpc) is 2.97. The summed E-state index contributed by atoms with van der Waals surface area (Å²) in [4.78, 5) is 5.01. The Bertz CT molecular complexity index is 401. The van der Waals surface area contributed by atoms with E-state index in [0.29, 0.717) is 0 Å². The Hall–Kier alpha value is -0.980. The Kier molecular flexibility index (Phi) is 7.83. The SMILES string of the molecule is CCCCOCCn1cc(CN2CCN(CCC)CC2)nn1. The molecule has 0 saturated carbocycles. The zero-order valence-electron chi connectivity index (χ0n) is 14.2. The van der Waals surface area contributed by atoms with Crippen molar-refractivity contribution in [2.75, 3.05) is 45.9 Å². The minimum Gasteiger partial charge on any atom is -0.380 e. The van der Waals surface area contributed by atoms with E-state index in [1.165, 1.54) is 32.5 Å². The standard InChI is InChI=1S/C16H31N5O/c1-3-5-12-22-13-11-21-15-16(17-18-21)14-20-9-7-19(6-4-2)8-10-20/h15H,3-14H2,1-2H3. The topological polar surface area (TPSA) is 46.4 Å². The molecular weight excluding hydrogens is 278 g/mol. The summed E-state index contributed by atoms with van der Waals surface area (Å²) < 4.78 is 7.46. The Balaban J connectivity index is 1.64. The van der Waals surface area contributed by atoms with Gasteiger partial charge in [-0.05, 0) is 19.4 Å². The zero-order valence-corrected chi connectivity index (χ0v) is 14.2. The van der Waals surface area contributed by atoms with E-state index in [1.807, 2.05) is 4.68 Å². The summed E-state index contributed by atoms with van der Waals surface area (Å²) in [6.45, 7) is 13.5. The van der Waals surface area contributed by atoms with Gasteiger partial charge in [0.15, 0.2) is 0 Å². The van der Waals surface area contributed by atoms with Crippen LogP contribution in [0.15, 0.2) is 6.20 Å². The first-order chi connectivity index (χ1) is 10.8. The summed E-state index contributed by atoms with van der Waals surface area (Å²) in [6, 6.07) is 0. The third-order valence-electron chi connectivity index (χ3n) is 4.08. The molecule has 1 saturated heterocycles. The molecule has 126 valence electrons. The summed E-state index contributed by atoms with van der Waals surface area (Å²) in [7, 11) is 0. The quantitative estimate of drug-likeness (QED) is 0.615. The number of nitrogens with zero attached hydrogens (tertiary/aromatic N) is 5. The third-order valence-corrected chi connectivity index (χ3v) is 4.08. The maximum absolute atomic E-state index is 5.57. The van der Waals surface area contributed by atoms with E-state index in [1.54, 1.807) is 0 Å². The molecule has 22 heavy (non-hydrogen) atoms. The maximum atomic E-state index is 5.57. The molecule has 1 aromatic heterocycles. The highest BCUT2D eigenvalue weighted by molar-refractivity contribution is 4.93. The monoisotopic (exact) mass is 309 g/mol. The number of hydrogen-bond acceptors (Lipinski definition) is 5. The van der Waals surface area contributed by atoms with Crippen LogP contribution in [0.5, 0.6) is 0 Å². The Morgan fingerprint density at radius 3 is 2.50 bits per heavy atom. The van der Waals surface area contributed by atoms with Crippen molar-refractivity contribution in [1.29, 1.82) is 0 Å². The number of hydrogen-bond donors (Lipinski definition) is 0. The van der Waals surface area contributed by atoms with Crippen LogP contribution >= 0.6 is 0 Å². The maximum Gasteiger partial charge on any atom is 0.0967 e. The van der Waals surface area contributed by atoms with Gasteiger partial charge in [-0.3, -0.25) is 4.90 Å². The first-order valence-corrected chi connectivity index (χ1v) is 8.73. The van der Waals surface area contributed by atoms with Crippen LogP contribution in [0.1, 0.15) is 38.8 Å². The minimum absolute atomic E-state index is 0.721. The van der Waals surface area contributed by atoms with Crippen LogP contribution in [0, 0.1) is 0 Å². The van der Waals surface area contributed by atoms with E-state index in [9.17, 15) is 0 Å². The first kappa shape index (κ1) is 17.4. The predicted octanol–water partition coefficient (Wildman–Crippen LogP) is 1.62. The molecule has 0 aliphatic carbocycles. The molecule has 1 fully saturated rings. The van der Waals surface area contributed by atoms with Gasteiger partial charge in [-0.25, -0.2) is 4.68 Å². The van der Waals surface area contributed by atoms with Crippen molar-refractivity contribution in [3.63, 3.8) is 0 Å². The average molecular weight is 309 g/mol. The molecule has 1 aromatic rings. The fraction of sp³-hybridized carbons (Fsp3) is 0.875. The Morgan fingerprint density at radius 1 is 1.00 bits per heavy atom. The summed E-state index contributed by atoms with van der Waals surface area (Å²) in [5, 5.41) is 8.48. The fourth-order valence-corrected chi connectivity index (χ4v) is 2.74. The lowest BCUT2D eigenvalue weighted by Crippen LogP contribution is -2.46. The number of piperazine rings is 1. The van der Waals surface area contributed by atoms with E-state index >= 15 is 0 Å². The number of unbranched alkanes of at least 4 members (excludes halogenated alkanes) is 1. The molecule has 1 aliphatic heterocycles. The molecule has 0 unspecified atom stereocenters. The lowest BCUT2D eigenvalue weighted by Gasteiger charge is -2.33. The van der Waals surface area contributed by atoms with Crippen LogP contribution in [0.2, 0.25) is 0 Å². The largest absolute Gasteiger partial charge is 0.380 e. The molecule has 2 heterocycles. The van der Waals surface area contributed by atoms with Gasteiger partial charge >= 0.3 is 0 Å². The second-order valence-corrected chi connectivity index (χ2v) is 6.06. The van der Waals surface area contributed by atoms with Gasteiger partial charge in [0, 0.05) is 45.5 Å². The number of rotatable bonds is 10. The van der Waals surface area contributed by atoms with Crippen LogP contribution in [0.3, 0.4) is 0 Å². The van der Waals surface area contributed by atoms with Crippen LogP contribution in [0.25, 0.3) is 0 Å². The zero-order chi connectivity index (χ0) is 15.6. The molecule has 0 atom stereocenters. The lowest BCUT2D eigenvalue weighted by molar-refractivity contribution is 0.120. The van der Waals surface area contributed by atoms with Gasteiger partial charge in [-0.2, -0.15) is 0 Å². The number of ether oxygens (including phenoxy) is 1. The predicted molar refractivity (Wildman–Crippen MR) is 87.8 cm³/mol. The van der Waals surface area contributed by atoms with Gasteiger partial charge < -0.3 is 9.64 Å². The number of aromatic nitrogens is 3. The molecule has 2 rings (SSSR count). The van der Waals surface area contributed by atoms with Gasteiger partial charge in [-0.1, -0.05) is 25.5 Å². The van der Waals surface area contributed by atoms with Crippen molar-refractivity contribution >= 4 is 0 Å². The van der Waals surface area contributed by atoms with E-state index in [4.69, 9.17) is 4.74 Å². The van der Waals surface area contributed by atoms with Crippen molar-refractivity contribution in [2.24, 2.45) is 0 Å². The molecule has 0 amide bonds. The molecule has 0 radical (unpaired) electrons. The van der Waals surface area contributed by atoms with E-state index < -0.39 is 0 Å². The Labute approximate surface area is 134 Å². The summed E-state index contributed by atoms with van der Waals surface area (Å²) in [5.74, 6) is 0. The van der Waals surface area contributed by atoms with Crippen LogP contribution in [0.4, 0.5) is 0 Å². The molecular formula is C16H31N5O. The second kappa shape index (κ2) is 9.92. The van der Waals surface area contributed by atoms with Crippen LogP contribution in [-0.2, 0) is 17.8 Å². The van der Waals surface area contributed by atoms with Gasteiger partial charge in [0.2, 0.25) is 0 Å². The van der Waals surface area contributed by atoms with Crippen molar-refractivity contribution in [2.45, 2.75) is 46.2 Å². The van der Waals surface area contributed by atoms with E-state index in [-0.39, 0.29) is 0 Å². The molecule has 6 heteroatoms. The van der Waals surface area contributed by atoms with Crippen molar-refractivity contribution in [1.82, 2.24) is 24.8 Å². The summed E-state index contributed by atoms with van der Waals surface area (Å²) >= 11 is 0. The lowest BCUT2D eigenvalue weighted by atomic mass is 10.3. The minimum atomic E-state index is 0.721. The highest BCUT2D eigenvalue weighted by Crippen LogP contribution is 2.06. The summed E-state index contributed by atoms with van der Waals surface area (Å²) in [5.41, 5.74) is 1.07. The second-order valence-electron chi connectivity index (χ2n) is 6.06. The van der Waals surface area contributed by atoms with Gasteiger partial charge in [0.1, 0.15) is 0 Å². The summed E-state index contributed by atoms with van der Waals surface area (Å²) in [6.07, 6.45) is 5.61. The fourth-order valence-electron chi connectivity index (χ4n) is 2.74. The van der Waals surface area contributed by atoms with Crippen molar-refractivity contribution in [3.05, 3.63) is 11.9 Å².